The molecule has 0 spiro atoms. The second-order valence-corrected chi connectivity index (χ2v) is 4.39. The number of hydrogen-bond donors (Lipinski definition) is 0. The summed E-state index contributed by atoms with van der Waals surface area (Å²) in [5.74, 6) is -4.47. The maximum Gasteiger partial charge on any atom is 0.218 e. The molecule has 2 rings (SSSR count). The zero-order chi connectivity index (χ0) is 13.4. The highest BCUT2D eigenvalue weighted by atomic mass is 79.9. The molecule has 0 aliphatic heterocycles. The van der Waals surface area contributed by atoms with Crippen molar-refractivity contribution in [3.05, 3.63) is 51.5 Å². The molecular formula is C11H6BrF3N2O. The molecule has 0 amide bonds. The summed E-state index contributed by atoms with van der Waals surface area (Å²) in [5.41, 5.74) is -0.819. The number of carbonyl (C=O) groups excluding carboxylic acids is 1. The normalized spacial score (nSPS) is 10.7. The van der Waals surface area contributed by atoms with Crippen molar-refractivity contribution < 1.29 is 18.0 Å². The summed E-state index contributed by atoms with van der Waals surface area (Å²) in [6.07, 6.45) is 1.33. The first-order chi connectivity index (χ1) is 8.41. The number of benzene rings is 1. The smallest absolute Gasteiger partial charge is 0.218 e. The lowest BCUT2D eigenvalue weighted by molar-refractivity contribution is 0.102. The van der Waals surface area contributed by atoms with Gasteiger partial charge in [0.15, 0.2) is 0 Å². The first kappa shape index (κ1) is 12.8. The molecule has 0 fully saturated rings. The van der Waals surface area contributed by atoms with Crippen LogP contribution < -0.4 is 0 Å². The monoisotopic (exact) mass is 318 g/mol. The molecule has 0 saturated carbocycles. The van der Waals surface area contributed by atoms with Gasteiger partial charge < -0.3 is 0 Å². The summed E-state index contributed by atoms with van der Waals surface area (Å²) < 4.78 is 41.2. The number of ketones is 1. The molecule has 0 unspecified atom stereocenters. The molecule has 0 radical (unpaired) electrons. The van der Waals surface area contributed by atoms with Crippen molar-refractivity contribution in [3.63, 3.8) is 0 Å². The zero-order valence-corrected chi connectivity index (χ0v) is 10.6. The van der Waals surface area contributed by atoms with E-state index in [1.165, 1.54) is 17.9 Å². The number of rotatable bonds is 2. The van der Waals surface area contributed by atoms with Gasteiger partial charge in [0.25, 0.3) is 0 Å². The van der Waals surface area contributed by atoms with E-state index in [4.69, 9.17) is 0 Å². The summed E-state index contributed by atoms with van der Waals surface area (Å²) in [7, 11) is 1.46. The van der Waals surface area contributed by atoms with Crippen molar-refractivity contribution in [2.45, 2.75) is 0 Å². The van der Waals surface area contributed by atoms with E-state index in [2.05, 4.69) is 21.0 Å². The van der Waals surface area contributed by atoms with Crippen LogP contribution in [0.3, 0.4) is 0 Å². The Bertz CT molecular complexity index is 597. The van der Waals surface area contributed by atoms with Crippen molar-refractivity contribution in [2.24, 2.45) is 7.05 Å². The third-order valence-electron chi connectivity index (χ3n) is 2.34. The molecule has 1 aromatic heterocycles. The van der Waals surface area contributed by atoms with Crippen LogP contribution in [0.4, 0.5) is 13.2 Å². The number of halogens is 4. The Balaban J connectivity index is 2.60. The Morgan fingerprint density at radius 3 is 2.28 bits per heavy atom. The average Bonchev–Trinajstić information content (AvgIpc) is 2.56. The fourth-order valence-electron chi connectivity index (χ4n) is 1.54. The highest BCUT2D eigenvalue weighted by Gasteiger charge is 2.24. The Morgan fingerprint density at radius 1 is 1.28 bits per heavy atom. The first-order valence-corrected chi connectivity index (χ1v) is 5.58. The summed E-state index contributed by atoms with van der Waals surface area (Å²) in [6, 6.07) is 0.918. The molecule has 7 heteroatoms. The Hall–Kier alpha value is -1.63. The number of carbonyl (C=O) groups is 1. The average molecular weight is 319 g/mol. The third-order valence-corrected chi connectivity index (χ3v) is 2.92. The van der Waals surface area contributed by atoms with Crippen LogP contribution in [0.5, 0.6) is 0 Å². The van der Waals surface area contributed by atoms with Gasteiger partial charge in [-0.3, -0.25) is 9.48 Å². The van der Waals surface area contributed by atoms with Gasteiger partial charge in [-0.15, -0.1) is 0 Å². The largest absolute Gasteiger partial charge is 0.287 e. The molecular weight excluding hydrogens is 313 g/mol. The maximum atomic E-state index is 13.5. The zero-order valence-electron chi connectivity index (χ0n) is 9.05. The highest BCUT2D eigenvalue weighted by Crippen LogP contribution is 2.23. The topological polar surface area (TPSA) is 34.9 Å². The van der Waals surface area contributed by atoms with Crippen LogP contribution in [0.1, 0.15) is 16.1 Å². The van der Waals surface area contributed by atoms with Gasteiger partial charge in [0.2, 0.25) is 5.78 Å². The van der Waals surface area contributed by atoms with Gasteiger partial charge in [0.05, 0.1) is 16.2 Å². The lowest BCUT2D eigenvalue weighted by atomic mass is 10.1. The van der Waals surface area contributed by atoms with E-state index in [1.807, 2.05) is 0 Å². The quantitative estimate of drug-likeness (QED) is 0.798. The fraction of sp³-hybridized carbons (Fsp3) is 0.0909. The lowest BCUT2D eigenvalue weighted by Gasteiger charge is -2.05. The van der Waals surface area contributed by atoms with Crippen molar-refractivity contribution in [1.29, 1.82) is 0 Å². The minimum atomic E-state index is -1.24. The van der Waals surface area contributed by atoms with Gasteiger partial charge in [-0.25, -0.2) is 13.2 Å². The number of aryl methyl sites for hydroxylation is 1. The molecule has 1 aromatic carbocycles. The highest BCUT2D eigenvalue weighted by molar-refractivity contribution is 9.10. The predicted octanol–water partition coefficient (Wildman–Crippen LogP) is 2.83. The van der Waals surface area contributed by atoms with Gasteiger partial charge >= 0.3 is 0 Å². The van der Waals surface area contributed by atoms with Crippen LogP contribution in [0.2, 0.25) is 0 Å². The molecule has 0 aliphatic rings. The third kappa shape index (κ3) is 2.05. The summed E-state index contributed by atoms with van der Waals surface area (Å²) >= 11 is 3.06. The molecule has 0 bridgehead atoms. The molecule has 94 valence electrons. The predicted molar refractivity (Wildman–Crippen MR) is 60.7 cm³/mol. The van der Waals surface area contributed by atoms with Crippen molar-refractivity contribution in [1.82, 2.24) is 9.78 Å². The van der Waals surface area contributed by atoms with Crippen LogP contribution >= 0.6 is 15.9 Å². The standard InChI is InChI=1S/C11H6BrF3N2O/c1-17-10(6(12)4-16-17)11(18)9-7(14)2-5(13)3-8(9)15/h2-4H,1H3. The summed E-state index contributed by atoms with van der Waals surface area (Å²) in [4.78, 5) is 12.0. The minimum Gasteiger partial charge on any atom is -0.287 e. The number of aromatic nitrogens is 2. The Kier molecular flexibility index (Phi) is 3.25. The Morgan fingerprint density at radius 2 is 1.83 bits per heavy atom. The van der Waals surface area contributed by atoms with E-state index in [1.54, 1.807) is 0 Å². The number of hydrogen-bond acceptors (Lipinski definition) is 2. The van der Waals surface area contributed by atoms with E-state index in [0.29, 0.717) is 16.6 Å². The van der Waals surface area contributed by atoms with Crippen molar-refractivity contribution in [2.75, 3.05) is 0 Å². The summed E-state index contributed by atoms with van der Waals surface area (Å²) in [6.45, 7) is 0. The van der Waals surface area contributed by atoms with E-state index >= 15 is 0 Å². The molecule has 0 N–H and O–H groups in total. The van der Waals surface area contributed by atoms with Gasteiger partial charge in [0, 0.05) is 19.2 Å². The second kappa shape index (κ2) is 4.56. The number of nitrogens with zero attached hydrogens (tertiary/aromatic N) is 2. The van der Waals surface area contributed by atoms with E-state index in [9.17, 15) is 18.0 Å². The molecule has 0 saturated heterocycles. The first-order valence-electron chi connectivity index (χ1n) is 4.78. The van der Waals surface area contributed by atoms with Crippen LogP contribution in [-0.4, -0.2) is 15.6 Å². The van der Waals surface area contributed by atoms with Crippen LogP contribution in [-0.2, 0) is 7.05 Å². The molecule has 3 nitrogen and oxygen atoms in total. The molecule has 0 atom stereocenters. The second-order valence-electron chi connectivity index (χ2n) is 3.54. The van der Waals surface area contributed by atoms with Crippen molar-refractivity contribution >= 4 is 21.7 Å². The lowest BCUT2D eigenvalue weighted by Crippen LogP contribution is -2.13. The van der Waals surface area contributed by atoms with Gasteiger partial charge in [-0.05, 0) is 15.9 Å². The van der Waals surface area contributed by atoms with E-state index < -0.39 is 28.8 Å². The minimum absolute atomic E-state index is 0.0144. The van der Waals surface area contributed by atoms with Crippen LogP contribution in [0, 0.1) is 17.5 Å². The maximum absolute atomic E-state index is 13.5. The van der Waals surface area contributed by atoms with Gasteiger partial charge in [-0.1, -0.05) is 0 Å². The van der Waals surface area contributed by atoms with E-state index in [0.717, 1.165) is 0 Å². The van der Waals surface area contributed by atoms with Crippen molar-refractivity contribution in [3.8, 4) is 0 Å². The van der Waals surface area contributed by atoms with Gasteiger partial charge in [-0.2, -0.15) is 5.10 Å². The summed E-state index contributed by atoms with van der Waals surface area (Å²) in [5, 5.41) is 3.77. The molecule has 18 heavy (non-hydrogen) atoms. The molecule has 2 aromatic rings. The van der Waals surface area contributed by atoms with Crippen LogP contribution in [0.25, 0.3) is 0 Å². The fourth-order valence-corrected chi connectivity index (χ4v) is 2.07. The Labute approximate surface area is 108 Å². The molecule has 0 aliphatic carbocycles. The van der Waals surface area contributed by atoms with E-state index in [-0.39, 0.29) is 5.69 Å². The van der Waals surface area contributed by atoms with Crippen LogP contribution in [0.15, 0.2) is 22.8 Å². The van der Waals surface area contributed by atoms with Gasteiger partial charge in [0.1, 0.15) is 23.1 Å². The SMILES string of the molecule is Cn1ncc(Br)c1C(=O)c1c(F)cc(F)cc1F. The molecule has 1 heterocycles.